The van der Waals surface area contributed by atoms with Crippen molar-refractivity contribution in [2.45, 2.75) is 12.5 Å². The van der Waals surface area contributed by atoms with E-state index in [4.69, 9.17) is 16.3 Å². The van der Waals surface area contributed by atoms with Crippen LogP contribution in [0, 0.1) is 0 Å². The number of fused-ring (bicyclic) bond motifs is 1. The number of nitrogens with one attached hydrogen (secondary N) is 1. The van der Waals surface area contributed by atoms with E-state index in [0.29, 0.717) is 17.2 Å². The largest absolute Gasteiger partial charge is 0.497 e. The topological polar surface area (TPSA) is 75.9 Å². The number of imidazole rings is 1. The summed E-state index contributed by atoms with van der Waals surface area (Å²) in [4.78, 5) is 30.8. The second kappa shape index (κ2) is 6.92. The summed E-state index contributed by atoms with van der Waals surface area (Å²) < 4.78 is 6.83. The molecule has 3 heterocycles. The Labute approximate surface area is 160 Å². The number of methoxy groups -OCH3 is 1. The van der Waals surface area contributed by atoms with E-state index >= 15 is 0 Å². The molecule has 1 aliphatic rings. The third kappa shape index (κ3) is 3.46. The van der Waals surface area contributed by atoms with E-state index in [1.54, 1.807) is 53.1 Å². The second-order valence-corrected chi connectivity index (χ2v) is 6.75. The van der Waals surface area contributed by atoms with E-state index in [0.717, 1.165) is 11.4 Å². The maximum Gasteiger partial charge on any atom is 0.271 e. The van der Waals surface area contributed by atoms with Crippen molar-refractivity contribution in [1.82, 2.24) is 14.7 Å². The summed E-state index contributed by atoms with van der Waals surface area (Å²) in [6, 6.07) is 10.4. The Morgan fingerprint density at radius 2 is 2.00 bits per heavy atom. The Morgan fingerprint density at radius 1 is 1.22 bits per heavy atom. The van der Waals surface area contributed by atoms with E-state index in [-0.39, 0.29) is 30.0 Å². The predicted molar refractivity (Wildman–Crippen MR) is 101 cm³/mol. The van der Waals surface area contributed by atoms with Crippen LogP contribution in [0.1, 0.15) is 16.9 Å². The van der Waals surface area contributed by atoms with Gasteiger partial charge in [-0.2, -0.15) is 0 Å². The van der Waals surface area contributed by atoms with Gasteiger partial charge in [0.15, 0.2) is 0 Å². The first-order valence-corrected chi connectivity index (χ1v) is 8.81. The molecule has 1 aliphatic heterocycles. The molecule has 27 heavy (non-hydrogen) atoms. The van der Waals surface area contributed by atoms with Crippen LogP contribution in [0.5, 0.6) is 5.75 Å². The van der Waals surface area contributed by atoms with Crippen molar-refractivity contribution in [3.05, 3.63) is 59.5 Å². The zero-order chi connectivity index (χ0) is 19.0. The summed E-state index contributed by atoms with van der Waals surface area (Å²) in [5, 5.41) is 3.45. The van der Waals surface area contributed by atoms with Crippen LogP contribution in [0.4, 0.5) is 5.69 Å². The van der Waals surface area contributed by atoms with Gasteiger partial charge in [0.1, 0.15) is 17.1 Å². The fourth-order valence-electron chi connectivity index (χ4n) is 3.15. The van der Waals surface area contributed by atoms with Gasteiger partial charge < -0.3 is 19.4 Å². The average molecular weight is 385 g/mol. The normalized spacial score (nSPS) is 16.7. The molecule has 1 aromatic carbocycles. The molecule has 0 saturated carbocycles. The lowest BCUT2D eigenvalue weighted by atomic mass is 10.2. The van der Waals surface area contributed by atoms with E-state index in [2.05, 4.69) is 10.3 Å². The van der Waals surface area contributed by atoms with E-state index < -0.39 is 0 Å². The Hall–Kier alpha value is -3.06. The number of nitrogens with zero attached hydrogens (tertiary/aromatic N) is 3. The zero-order valence-electron chi connectivity index (χ0n) is 14.6. The molecule has 1 saturated heterocycles. The minimum Gasteiger partial charge on any atom is -0.497 e. The molecular formula is C19H17ClN4O3. The van der Waals surface area contributed by atoms with Gasteiger partial charge in [-0.3, -0.25) is 9.59 Å². The highest BCUT2D eigenvalue weighted by atomic mass is 35.5. The maximum absolute atomic E-state index is 12.5. The molecule has 1 unspecified atom stereocenters. The molecule has 0 aliphatic carbocycles. The predicted octanol–water partition coefficient (Wildman–Crippen LogP) is 2.53. The number of amides is 2. The first-order valence-electron chi connectivity index (χ1n) is 8.43. The molecule has 8 heteroatoms. The summed E-state index contributed by atoms with van der Waals surface area (Å²) in [5.41, 5.74) is 1.69. The van der Waals surface area contributed by atoms with Gasteiger partial charge >= 0.3 is 0 Å². The monoisotopic (exact) mass is 384 g/mol. The molecule has 0 spiro atoms. The third-order valence-corrected chi connectivity index (χ3v) is 4.72. The number of pyridine rings is 1. The van der Waals surface area contributed by atoms with Crippen LogP contribution < -0.4 is 15.0 Å². The first-order chi connectivity index (χ1) is 13.0. The Morgan fingerprint density at radius 3 is 2.74 bits per heavy atom. The standard InChI is InChI=1S/C19H17ClN4O3/c1-27-15-5-3-14(4-6-15)24-10-13(8-18(24)25)21-19(26)16-11-23-9-12(20)2-7-17(23)22-16/h2-7,9,11,13H,8,10H2,1H3,(H,21,26). The van der Waals surface area contributed by atoms with Crippen molar-refractivity contribution in [2.24, 2.45) is 0 Å². The van der Waals surface area contributed by atoms with Crippen molar-refractivity contribution >= 4 is 34.7 Å². The summed E-state index contributed by atoms with van der Waals surface area (Å²) >= 11 is 5.95. The van der Waals surface area contributed by atoms with Crippen LogP contribution in [0.3, 0.4) is 0 Å². The Balaban J connectivity index is 1.46. The van der Waals surface area contributed by atoms with E-state index in [9.17, 15) is 9.59 Å². The molecule has 0 bridgehead atoms. The van der Waals surface area contributed by atoms with Gasteiger partial charge in [0.05, 0.1) is 18.2 Å². The van der Waals surface area contributed by atoms with Crippen LogP contribution in [0.25, 0.3) is 5.65 Å². The number of benzene rings is 1. The van der Waals surface area contributed by atoms with Crippen LogP contribution in [-0.2, 0) is 4.79 Å². The van der Waals surface area contributed by atoms with Crippen LogP contribution >= 0.6 is 11.6 Å². The van der Waals surface area contributed by atoms with Crippen molar-refractivity contribution in [1.29, 1.82) is 0 Å². The molecule has 2 aromatic heterocycles. The van der Waals surface area contributed by atoms with Crippen LogP contribution in [-0.4, -0.2) is 40.9 Å². The molecule has 3 aromatic rings. The van der Waals surface area contributed by atoms with Crippen molar-refractivity contribution in [2.75, 3.05) is 18.6 Å². The third-order valence-electron chi connectivity index (χ3n) is 4.49. The summed E-state index contributed by atoms with van der Waals surface area (Å²) in [6.45, 7) is 0.413. The highest BCUT2D eigenvalue weighted by Gasteiger charge is 2.32. The molecule has 1 atom stereocenters. The minimum absolute atomic E-state index is 0.0350. The molecule has 1 fully saturated rings. The summed E-state index contributed by atoms with van der Waals surface area (Å²) in [5.74, 6) is 0.374. The van der Waals surface area contributed by atoms with Crippen LogP contribution in [0.2, 0.25) is 5.02 Å². The van der Waals surface area contributed by atoms with E-state index in [1.807, 2.05) is 12.1 Å². The van der Waals surface area contributed by atoms with Crippen molar-refractivity contribution in [3.8, 4) is 5.75 Å². The number of rotatable bonds is 4. The van der Waals surface area contributed by atoms with Gasteiger partial charge in [-0.05, 0) is 36.4 Å². The lowest BCUT2D eigenvalue weighted by Crippen LogP contribution is -2.37. The van der Waals surface area contributed by atoms with Gasteiger partial charge in [-0.15, -0.1) is 0 Å². The Kier molecular flexibility index (Phi) is 4.45. The molecular weight excluding hydrogens is 368 g/mol. The first kappa shape index (κ1) is 17.4. The highest BCUT2D eigenvalue weighted by Crippen LogP contribution is 2.24. The zero-order valence-corrected chi connectivity index (χ0v) is 15.3. The average Bonchev–Trinajstić information content (AvgIpc) is 3.24. The number of hydrogen-bond acceptors (Lipinski definition) is 4. The molecule has 0 radical (unpaired) electrons. The number of carbonyl (C=O) groups excluding carboxylic acids is 2. The van der Waals surface area contributed by atoms with Gasteiger partial charge in [0, 0.05) is 31.0 Å². The van der Waals surface area contributed by atoms with Gasteiger partial charge in [-0.1, -0.05) is 11.6 Å². The number of ether oxygens (including phenoxy) is 1. The second-order valence-electron chi connectivity index (χ2n) is 6.32. The van der Waals surface area contributed by atoms with Crippen LogP contribution in [0.15, 0.2) is 48.8 Å². The molecule has 7 nitrogen and oxygen atoms in total. The molecule has 138 valence electrons. The van der Waals surface area contributed by atoms with Gasteiger partial charge in [0.2, 0.25) is 5.91 Å². The Bertz CT molecular complexity index is 1020. The molecule has 4 rings (SSSR count). The van der Waals surface area contributed by atoms with Crippen molar-refractivity contribution in [3.63, 3.8) is 0 Å². The lowest BCUT2D eigenvalue weighted by Gasteiger charge is -2.17. The number of hydrogen-bond donors (Lipinski definition) is 1. The molecule has 1 N–H and O–H groups in total. The lowest BCUT2D eigenvalue weighted by molar-refractivity contribution is -0.117. The number of anilines is 1. The summed E-state index contributed by atoms with van der Waals surface area (Å²) in [6.07, 6.45) is 3.55. The smallest absolute Gasteiger partial charge is 0.271 e. The fourth-order valence-corrected chi connectivity index (χ4v) is 3.32. The minimum atomic E-state index is -0.316. The number of halogens is 1. The van der Waals surface area contributed by atoms with E-state index in [1.165, 1.54) is 0 Å². The quantitative estimate of drug-likeness (QED) is 0.750. The van der Waals surface area contributed by atoms with Crippen molar-refractivity contribution < 1.29 is 14.3 Å². The van der Waals surface area contributed by atoms with Gasteiger partial charge in [0.25, 0.3) is 5.91 Å². The fraction of sp³-hybridized carbons (Fsp3) is 0.211. The van der Waals surface area contributed by atoms with Gasteiger partial charge in [-0.25, -0.2) is 4.98 Å². The SMILES string of the molecule is COc1ccc(N2CC(NC(=O)c3cn4cc(Cl)ccc4n3)CC2=O)cc1. The highest BCUT2D eigenvalue weighted by molar-refractivity contribution is 6.30. The maximum atomic E-state index is 12.5. The summed E-state index contributed by atoms with van der Waals surface area (Å²) in [7, 11) is 1.59. The number of aromatic nitrogens is 2. The number of carbonyl (C=O) groups is 2. The molecule has 2 amide bonds.